The highest BCUT2D eigenvalue weighted by Crippen LogP contribution is 2.36. The summed E-state index contributed by atoms with van der Waals surface area (Å²) in [5, 5.41) is 8.81. The van der Waals surface area contributed by atoms with E-state index in [0.717, 1.165) is 0 Å². The summed E-state index contributed by atoms with van der Waals surface area (Å²) in [5.41, 5.74) is 8.05. The van der Waals surface area contributed by atoms with Gasteiger partial charge in [0.05, 0.1) is 0 Å². The Hall–Kier alpha value is -0.710. The molecule has 0 aliphatic rings. The molecule has 20 heavy (non-hydrogen) atoms. The van der Waals surface area contributed by atoms with Crippen molar-refractivity contribution in [1.82, 2.24) is 0 Å². The fourth-order valence-electron chi connectivity index (χ4n) is 1.72. The van der Waals surface area contributed by atoms with Gasteiger partial charge in [-0.3, -0.25) is 4.79 Å². The largest absolute Gasteiger partial charge is 0.480 e. The molecule has 0 aliphatic carbocycles. The number of halogens is 1. The zero-order valence-corrected chi connectivity index (χ0v) is 14.1. The van der Waals surface area contributed by atoms with Crippen molar-refractivity contribution >= 4 is 30.1 Å². The van der Waals surface area contributed by atoms with Gasteiger partial charge in [0.25, 0.3) is 0 Å². The van der Waals surface area contributed by atoms with Gasteiger partial charge in [-0.05, 0) is 30.9 Å². The first kappa shape index (κ1) is 19.3. The Morgan fingerprint density at radius 3 is 2.20 bits per heavy atom. The van der Waals surface area contributed by atoms with E-state index in [1.165, 1.54) is 11.1 Å². The van der Waals surface area contributed by atoms with Gasteiger partial charge in [0.15, 0.2) is 0 Å². The minimum atomic E-state index is -0.946. The minimum Gasteiger partial charge on any atom is -0.480 e. The number of carbonyl (C=O) groups is 1. The zero-order valence-electron chi connectivity index (χ0n) is 12.4. The first-order chi connectivity index (χ1) is 8.74. The highest BCUT2D eigenvalue weighted by atomic mass is 35.5. The molecule has 1 aromatic rings. The maximum absolute atomic E-state index is 10.7. The van der Waals surface area contributed by atoms with Gasteiger partial charge in [0.2, 0.25) is 0 Å². The lowest BCUT2D eigenvalue weighted by atomic mass is 9.97. The van der Waals surface area contributed by atoms with Crippen molar-refractivity contribution in [3.8, 4) is 0 Å². The number of carboxylic acids is 1. The standard InChI is InChI=1S/C15H23NO2S.ClH/c1-10(2)11-5-7-12(8-6-11)15(3,4)19-9-13(16)14(17)18;/h5-8,10,13H,9,16H2,1-4H3,(H,17,18);1H/t13-;/m0./s1. The second kappa shape index (κ2) is 7.91. The Bertz CT molecular complexity index is 432. The summed E-state index contributed by atoms with van der Waals surface area (Å²) in [6, 6.07) is 7.71. The Morgan fingerprint density at radius 1 is 1.30 bits per heavy atom. The average Bonchev–Trinajstić information content (AvgIpc) is 2.36. The molecule has 0 unspecified atom stereocenters. The molecule has 0 radical (unpaired) electrons. The summed E-state index contributed by atoms with van der Waals surface area (Å²) in [6.45, 7) is 8.52. The molecule has 0 saturated heterocycles. The van der Waals surface area contributed by atoms with Crippen LogP contribution in [-0.2, 0) is 9.54 Å². The van der Waals surface area contributed by atoms with E-state index in [1.807, 2.05) is 0 Å². The number of thioether (sulfide) groups is 1. The van der Waals surface area contributed by atoms with Crippen LogP contribution in [0.3, 0.4) is 0 Å². The van der Waals surface area contributed by atoms with Gasteiger partial charge in [0.1, 0.15) is 6.04 Å². The Kier molecular flexibility index (Phi) is 7.63. The molecule has 0 bridgehead atoms. The van der Waals surface area contributed by atoms with Crippen molar-refractivity contribution in [3.05, 3.63) is 35.4 Å². The quantitative estimate of drug-likeness (QED) is 0.841. The first-order valence-electron chi connectivity index (χ1n) is 6.47. The molecular weight excluding hydrogens is 294 g/mol. The number of rotatable bonds is 6. The van der Waals surface area contributed by atoms with Gasteiger partial charge < -0.3 is 10.8 Å². The van der Waals surface area contributed by atoms with Crippen molar-refractivity contribution in [2.75, 3.05) is 5.75 Å². The molecule has 0 saturated carbocycles. The van der Waals surface area contributed by atoms with Gasteiger partial charge >= 0.3 is 5.97 Å². The molecular formula is C15H24ClNO2S. The van der Waals surface area contributed by atoms with Crippen LogP contribution in [0.4, 0.5) is 0 Å². The van der Waals surface area contributed by atoms with Gasteiger partial charge in [-0.15, -0.1) is 24.2 Å². The van der Waals surface area contributed by atoms with E-state index in [2.05, 4.69) is 52.0 Å². The lowest BCUT2D eigenvalue weighted by molar-refractivity contribution is -0.137. The maximum Gasteiger partial charge on any atom is 0.321 e. The molecule has 3 N–H and O–H groups in total. The van der Waals surface area contributed by atoms with Crippen LogP contribution >= 0.6 is 24.2 Å². The third-order valence-corrected chi connectivity index (χ3v) is 4.70. The van der Waals surface area contributed by atoms with Crippen LogP contribution in [0.1, 0.15) is 44.7 Å². The predicted octanol–water partition coefficient (Wildman–Crippen LogP) is 3.61. The highest BCUT2D eigenvalue weighted by Gasteiger charge is 2.24. The SMILES string of the molecule is CC(C)c1ccc(C(C)(C)SC[C@H](N)C(=O)O)cc1.Cl. The molecule has 0 fully saturated rings. The second-order valence-corrected chi connectivity index (χ2v) is 7.19. The number of carboxylic acid groups (broad SMARTS) is 1. The second-order valence-electron chi connectivity index (χ2n) is 5.54. The fourth-order valence-corrected chi connectivity index (χ4v) is 2.76. The van der Waals surface area contributed by atoms with Crippen LogP contribution in [0.2, 0.25) is 0 Å². The summed E-state index contributed by atoms with van der Waals surface area (Å²) in [4.78, 5) is 10.7. The zero-order chi connectivity index (χ0) is 14.6. The van der Waals surface area contributed by atoms with E-state index in [9.17, 15) is 4.79 Å². The Balaban J connectivity index is 0.00000361. The molecule has 1 atom stereocenters. The number of nitrogens with two attached hydrogens (primary N) is 1. The smallest absolute Gasteiger partial charge is 0.321 e. The molecule has 1 aromatic carbocycles. The molecule has 0 spiro atoms. The van der Waals surface area contributed by atoms with E-state index in [-0.39, 0.29) is 17.2 Å². The van der Waals surface area contributed by atoms with Crippen LogP contribution in [0.15, 0.2) is 24.3 Å². The van der Waals surface area contributed by atoms with E-state index < -0.39 is 12.0 Å². The summed E-state index contributed by atoms with van der Waals surface area (Å²) >= 11 is 1.58. The molecule has 0 aromatic heterocycles. The molecule has 114 valence electrons. The highest BCUT2D eigenvalue weighted by molar-refractivity contribution is 8.00. The maximum atomic E-state index is 10.7. The van der Waals surface area contributed by atoms with E-state index in [4.69, 9.17) is 10.8 Å². The summed E-state index contributed by atoms with van der Waals surface area (Å²) in [6.07, 6.45) is 0. The molecule has 0 heterocycles. The van der Waals surface area contributed by atoms with Crippen molar-refractivity contribution in [3.63, 3.8) is 0 Å². The van der Waals surface area contributed by atoms with Gasteiger partial charge in [-0.2, -0.15) is 0 Å². The van der Waals surface area contributed by atoms with Crippen molar-refractivity contribution in [1.29, 1.82) is 0 Å². The van der Waals surface area contributed by atoms with Crippen LogP contribution in [0.25, 0.3) is 0 Å². The third-order valence-electron chi connectivity index (χ3n) is 3.21. The van der Waals surface area contributed by atoms with E-state index in [0.29, 0.717) is 11.7 Å². The molecule has 5 heteroatoms. The van der Waals surface area contributed by atoms with E-state index >= 15 is 0 Å². The van der Waals surface area contributed by atoms with Crippen LogP contribution in [0.5, 0.6) is 0 Å². The van der Waals surface area contributed by atoms with Gasteiger partial charge in [0, 0.05) is 10.5 Å². The van der Waals surface area contributed by atoms with Crippen molar-refractivity contribution in [2.45, 2.75) is 44.4 Å². The van der Waals surface area contributed by atoms with E-state index in [1.54, 1.807) is 11.8 Å². The molecule has 1 rings (SSSR count). The average molecular weight is 318 g/mol. The molecule has 0 aliphatic heterocycles. The minimum absolute atomic E-state index is 0. The normalized spacial score (nSPS) is 12.9. The molecule has 0 amide bonds. The van der Waals surface area contributed by atoms with Crippen molar-refractivity contribution < 1.29 is 9.90 Å². The topological polar surface area (TPSA) is 63.3 Å². The Morgan fingerprint density at radius 2 is 1.80 bits per heavy atom. The fraction of sp³-hybridized carbons (Fsp3) is 0.533. The van der Waals surface area contributed by atoms with Crippen LogP contribution in [0, 0.1) is 0 Å². The van der Waals surface area contributed by atoms with Crippen LogP contribution in [-0.4, -0.2) is 22.9 Å². The third kappa shape index (κ3) is 5.35. The van der Waals surface area contributed by atoms with Gasteiger partial charge in [-0.1, -0.05) is 38.1 Å². The lowest BCUT2D eigenvalue weighted by Crippen LogP contribution is -2.34. The first-order valence-corrected chi connectivity index (χ1v) is 7.45. The molecule has 3 nitrogen and oxygen atoms in total. The monoisotopic (exact) mass is 317 g/mol. The van der Waals surface area contributed by atoms with Crippen LogP contribution < -0.4 is 5.73 Å². The summed E-state index contributed by atoms with van der Waals surface area (Å²) < 4.78 is -0.136. The predicted molar refractivity (Wildman–Crippen MR) is 88.9 cm³/mol. The number of hydrogen-bond acceptors (Lipinski definition) is 3. The lowest BCUT2D eigenvalue weighted by Gasteiger charge is -2.26. The number of aliphatic carboxylic acids is 1. The Labute approximate surface area is 131 Å². The summed E-state index contributed by atoms with van der Waals surface area (Å²) in [7, 11) is 0. The number of benzene rings is 1. The van der Waals surface area contributed by atoms with Gasteiger partial charge in [-0.25, -0.2) is 0 Å². The summed E-state index contributed by atoms with van der Waals surface area (Å²) in [5.74, 6) is -0.0161. The van der Waals surface area contributed by atoms with Crippen molar-refractivity contribution in [2.24, 2.45) is 5.73 Å². The number of hydrogen-bond donors (Lipinski definition) is 2.